The normalized spacial score (nSPS) is 10.9. The molecular weight excluding hydrogens is 242 g/mol. The van der Waals surface area contributed by atoms with Gasteiger partial charge in [0, 0.05) is 19.8 Å². The van der Waals surface area contributed by atoms with Crippen molar-refractivity contribution in [2.75, 3.05) is 20.2 Å². The van der Waals surface area contributed by atoms with Crippen LogP contribution in [0.15, 0.2) is 18.3 Å². The number of aryl methyl sites for hydroxylation is 2. The van der Waals surface area contributed by atoms with Crippen molar-refractivity contribution >= 4 is 11.6 Å². The van der Waals surface area contributed by atoms with Gasteiger partial charge in [0.1, 0.15) is 11.3 Å². The third-order valence-electron chi connectivity index (χ3n) is 3.24. The lowest BCUT2D eigenvalue weighted by Gasteiger charge is -2.16. The number of rotatable bonds is 4. The van der Waals surface area contributed by atoms with Crippen molar-refractivity contribution in [2.24, 2.45) is 0 Å². The molecule has 5 heteroatoms. The van der Waals surface area contributed by atoms with E-state index in [0.29, 0.717) is 18.7 Å². The summed E-state index contributed by atoms with van der Waals surface area (Å²) in [6.07, 6.45) is 2.56. The standard InChI is InChI=1S/C14H19N3O2/c1-4-11-12(14(19)16(3)8-9-18)17-7-5-6-10(2)13(17)15-11/h5-7,18H,4,8-9H2,1-3H3. The summed E-state index contributed by atoms with van der Waals surface area (Å²) in [6.45, 7) is 4.24. The third kappa shape index (κ3) is 2.33. The lowest BCUT2D eigenvalue weighted by molar-refractivity contribution is 0.0759. The Bertz CT molecular complexity index is 604. The monoisotopic (exact) mass is 261 g/mol. The first kappa shape index (κ1) is 13.5. The lowest BCUT2D eigenvalue weighted by Crippen LogP contribution is -2.31. The Kier molecular flexibility index (Phi) is 3.85. The molecule has 0 saturated heterocycles. The first-order chi connectivity index (χ1) is 9.10. The van der Waals surface area contributed by atoms with E-state index in [4.69, 9.17) is 5.11 Å². The van der Waals surface area contributed by atoms with E-state index in [1.54, 1.807) is 7.05 Å². The Labute approximate surface area is 112 Å². The average molecular weight is 261 g/mol. The Hall–Kier alpha value is -1.88. The van der Waals surface area contributed by atoms with Crippen LogP contribution in [0.5, 0.6) is 0 Å². The number of pyridine rings is 1. The summed E-state index contributed by atoms with van der Waals surface area (Å²) in [5.74, 6) is -0.107. The maximum absolute atomic E-state index is 12.5. The SMILES string of the molecule is CCc1nc2c(C)cccn2c1C(=O)N(C)CCO. The first-order valence-electron chi connectivity index (χ1n) is 6.43. The van der Waals surface area contributed by atoms with Crippen LogP contribution >= 0.6 is 0 Å². The van der Waals surface area contributed by atoms with E-state index in [1.165, 1.54) is 4.90 Å². The maximum atomic E-state index is 12.5. The number of aromatic nitrogens is 2. The van der Waals surface area contributed by atoms with Crippen LogP contribution < -0.4 is 0 Å². The number of nitrogens with zero attached hydrogens (tertiary/aromatic N) is 3. The molecule has 0 radical (unpaired) electrons. The van der Waals surface area contributed by atoms with E-state index >= 15 is 0 Å². The Morgan fingerprint density at radius 3 is 2.89 bits per heavy atom. The molecule has 0 aliphatic carbocycles. The zero-order valence-electron chi connectivity index (χ0n) is 11.6. The predicted molar refractivity (Wildman–Crippen MR) is 73.4 cm³/mol. The van der Waals surface area contributed by atoms with Gasteiger partial charge in [-0.15, -0.1) is 0 Å². The van der Waals surface area contributed by atoms with Crippen molar-refractivity contribution in [2.45, 2.75) is 20.3 Å². The molecular formula is C14H19N3O2. The molecule has 102 valence electrons. The zero-order chi connectivity index (χ0) is 14.0. The number of hydrogen-bond acceptors (Lipinski definition) is 3. The molecule has 0 fully saturated rings. The van der Waals surface area contributed by atoms with Crippen molar-refractivity contribution in [3.8, 4) is 0 Å². The van der Waals surface area contributed by atoms with Gasteiger partial charge in [-0.05, 0) is 25.0 Å². The fourth-order valence-corrected chi connectivity index (χ4v) is 2.16. The second-order valence-corrected chi connectivity index (χ2v) is 4.60. The summed E-state index contributed by atoms with van der Waals surface area (Å²) in [6, 6.07) is 3.89. The van der Waals surface area contributed by atoms with Crippen molar-refractivity contribution in [1.29, 1.82) is 0 Å². The summed E-state index contributed by atoms with van der Waals surface area (Å²) in [5.41, 5.74) is 3.25. The number of imidazole rings is 1. The highest BCUT2D eigenvalue weighted by Gasteiger charge is 2.21. The van der Waals surface area contributed by atoms with E-state index in [1.807, 2.05) is 36.6 Å². The number of carbonyl (C=O) groups is 1. The number of aliphatic hydroxyl groups excluding tert-OH is 1. The third-order valence-corrected chi connectivity index (χ3v) is 3.24. The van der Waals surface area contributed by atoms with Crippen LogP contribution in [0.4, 0.5) is 0 Å². The topological polar surface area (TPSA) is 57.8 Å². The number of aliphatic hydroxyl groups is 1. The summed E-state index contributed by atoms with van der Waals surface area (Å²) in [5, 5.41) is 8.95. The van der Waals surface area contributed by atoms with Gasteiger partial charge in [-0.25, -0.2) is 4.98 Å². The molecule has 0 unspecified atom stereocenters. The molecule has 2 rings (SSSR count). The smallest absolute Gasteiger partial charge is 0.272 e. The zero-order valence-corrected chi connectivity index (χ0v) is 11.6. The van der Waals surface area contributed by atoms with Crippen LogP contribution in [0.25, 0.3) is 5.65 Å². The molecule has 5 nitrogen and oxygen atoms in total. The minimum atomic E-state index is -0.107. The van der Waals surface area contributed by atoms with Gasteiger partial charge in [-0.2, -0.15) is 0 Å². The van der Waals surface area contributed by atoms with E-state index in [0.717, 1.165) is 16.9 Å². The van der Waals surface area contributed by atoms with E-state index in [2.05, 4.69) is 4.98 Å². The first-order valence-corrected chi connectivity index (χ1v) is 6.43. The Balaban J connectivity index is 2.58. The van der Waals surface area contributed by atoms with Crippen molar-refractivity contribution in [3.63, 3.8) is 0 Å². The average Bonchev–Trinajstić information content (AvgIpc) is 2.78. The highest BCUT2D eigenvalue weighted by Crippen LogP contribution is 2.17. The van der Waals surface area contributed by atoms with Gasteiger partial charge in [0.2, 0.25) is 0 Å². The second kappa shape index (κ2) is 5.40. The van der Waals surface area contributed by atoms with Crippen LogP contribution in [-0.4, -0.2) is 45.5 Å². The number of amides is 1. The molecule has 0 spiro atoms. The van der Waals surface area contributed by atoms with Crippen molar-refractivity contribution < 1.29 is 9.90 Å². The molecule has 2 aromatic heterocycles. The molecule has 0 atom stereocenters. The largest absolute Gasteiger partial charge is 0.395 e. The van der Waals surface area contributed by atoms with Crippen LogP contribution in [-0.2, 0) is 6.42 Å². The molecule has 0 aromatic carbocycles. The quantitative estimate of drug-likeness (QED) is 0.901. The van der Waals surface area contributed by atoms with Gasteiger partial charge in [-0.1, -0.05) is 13.0 Å². The molecule has 0 aliphatic rings. The lowest BCUT2D eigenvalue weighted by atomic mass is 10.2. The second-order valence-electron chi connectivity index (χ2n) is 4.60. The van der Waals surface area contributed by atoms with Gasteiger partial charge >= 0.3 is 0 Å². The fourth-order valence-electron chi connectivity index (χ4n) is 2.16. The maximum Gasteiger partial charge on any atom is 0.272 e. The predicted octanol–water partition coefficient (Wildman–Crippen LogP) is 1.27. The molecule has 0 aliphatic heterocycles. The van der Waals surface area contributed by atoms with Crippen molar-refractivity contribution in [1.82, 2.24) is 14.3 Å². The summed E-state index contributed by atoms with van der Waals surface area (Å²) in [7, 11) is 1.69. The van der Waals surface area contributed by atoms with Crippen LogP contribution in [0, 0.1) is 6.92 Å². The van der Waals surface area contributed by atoms with Crippen molar-refractivity contribution in [3.05, 3.63) is 35.3 Å². The molecule has 1 amide bonds. The van der Waals surface area contributed by atoms with Gasteiger partial charge in [-0.3, -0.25) is 9.20 Å². The Morgan fingerprint density at radius 1 is 1.53 bits per heavy atom. The van der Waals surface area contributed by atoms with Gasteiger partial charge < -0.3 is 10.0 Å². The minimum absolute atomic E-state index is 0.0422. The minimum Gasteiger partial charge on any atom is -0.395 e. The number of hydrogen-bond donors (Lipinski definition) is 1. The molecule has 2 aromatic rings. The highest BCUT2D eigenvalue weighted by atomic mass is 16.3. The fraction of sp³-hybridized carbons (Fsp3) is 0.429. The van der Waals surface area contributed by atoms with Crippen LogP contribution in [0.3, 0.4) is 0 Å². The summed E-state index contributed by atoms with van der Waals surface area (Å²) >= 11 is 0. The molecule has 2 heterocycles. The highest BCUT2D eigenvalue weighted by molar-refractivity contribution is 5.94. The van der Waals surface area contributed by atoms with E-state index in [9.17, 15) is 4.79 Å². The van der Waals surface area contributed by atoms with Gasteiger partial charge in [0.15, 0.2) is 0 Å². The number of fused-ring (bicyclic) bond motifs is 1. The Morgan fingerprint density at radius 2 is 2.26 bits per heavy atom. The van der Waals surface area contributed by atoms with E-state index in [-0.39, 0.29) is 12.5 Å². The van der Waals surface area contributed by atoms with Gasteiger partial charge in [0.05, 0.1) is 12.3 Å². The summed E-state index contributed by atoms with van der Waals surface area (Å²) < 4.78 is 1.84. The molecule has 19 heavy (non-hydrogen) atoms. The van der Waals surface area contributed by atoms with Crippen LogP contribution in [0.2, 0.25) is 0 Å². The molecule has 0 saturated carbocycles. The summed E-state index contributed by atoms with van der Waals surface area (Å²) in [4.78, 5) is 18.5. The van der Waals surface area contributed by atoms with E-state index < -0.39 is 0 Å². The molecule has 1 N–H and O–H groups in total. The van der Waals surface area contributed by atoms with Gasteiger partial charge in [0.25, 0.3) is 5.91 Å². The molecule has 0 bridgehead atoms. The number of likely N-dealkylation sites (N-methyl/N-ethyl adjacent to an activating group) is 1. The van der Waals surface area contributed by atoms with Crippen LogP contribution in [0.1, 0.15) is 28.7 Å². The number of carbonyl (C=O) groups excluding carboxylic acids is 1.